The lowest BCUT2D eigenvalue weighted by molar-refractivity contribution is -0.385. The topological polar surface area (TPSA) is 93.2 Å². The summed E-state index contributed by atoms with van der Waals surface area (Å²) < 4.78 is 17.8. The molecule has 0 fully saturated rings. The van der Waals surface area contributed by atoms with Gasteiger partial charge >= 0.3 is 5.97 Å². The maximum absolute atomic E-state index is 13.2. The van der Waals surface area contributed by atoms with Crippen molar-refractivity contribution in [3.05, 3.63) is 38.7 Å². The molecule has 0 aromatic heterocycles. The number of halogens is 2. The highest BCUT2D eigenvalue weighted by Gasteiger charge is 2.30. The smallest absolute Gasteiger partial charge is 0.328 e. The summed E-state index contributed by atoms with van der Waals surface area (Å²) in [6.45, 7) is 1.54. The van der Waals surface area contributed by atoms with Crippen LogP contribution in [0.1, 0.15) is 18.4 Å². The van der Waals surface area contributed by atoms with Crippen molar-refractivity contribution in [1.82, 2.24) is 0 Å². The average molecular weight is 287 g/mol. The number of hydrogen-bond donors (Lipinski definition) is 0. The third kappa shape index (κ3) is 3.17. The lowest BCUT2D eigenvalue weighted by Gasteiger charge is -2.09. The number of nitriles is 1. The highest BCUT2D eigenvalue weighted by molar-refractivity contribution is 6.30. The molecule has 0 bridgehead atoms. The van der Waals surface area contributed by atoms with Crippen LogP contribution in [0.4, 0.5) is 10.1 Å². The van der Waals surface area contributed by atoms with Gasteiger partial charge in [-0.1, -0.05) is 11.6 Å². The molecule has 0 saturated carbocycles. The highest BCUT2D eigenvalue weighted by atomic mass is 35.5. The van der Waals surface area contributed by atoms with Crippen LogP contribution in [0.25, 0.3) is 0 Å². The Morgan fingerprint density at radius 2 is 2.32 bits per heavy atom. The van der Waals surface area contributed by atoms with Crippen LogP contribution in [-0.4, -0.2) is 17.5 Å². The van der Waals surface area contributed by atoms with E-state index >= 15 is 0 Å². The van der Waals surface area contributed by atoms with Crippen LogP contribution >= 0.6 is 11.6 Å². The molecule has 1 unspecified atom stereocenters. The molecular weight excluding hydrogens is 279 g/mol. The van der Waals surface area contributed by atoms with Crippen LogP contribution in [0, 0.1) is 27.3 Å². The minimum absolute atomic E-state index is 0.0136. The van der Waals surface area contributed by atoms with E-state index in [1.54, 1.807) is 6.07 Å². The van der Waals surface area contributed by atoms with E-state index in [9.17, 15) is 19.3 Å². The SMILES string of the molecule is CCOC(=O)C(C#N)c1cc(Cl)c(F)cc1[N+](=O)[O-]. The second kappa shape index (κ2) is 6.11. The van der Waals surface area contributed by atoms with E-state index in [1.807, 2.05) is 0 Å². The number of rotatable bonds is 4. The quantitative estimate of drug-likeness (QED) is 0.482. The van der Waals surface area contributed by atoms with Crippen LogP contribution in [-0.2, 0) is 9.53 Å². The van der Waals surface area contributed by atoms with Gasteiger partial charge in [0.25, 0.3) is 5.69 Å². The number of carbonyl (C=O) groups is 1. The molecule has 1 atom stereocenters. The Morgan fingerprint density at radius 1 is 1.68 bits per heavy atom. The fourth-order valence-electron chi connectivity index (χ4n) is 1.42. The van der Waals surface area contributed by atoms with Gasteiger partial charge in [0.1, 0.15) is 5.82 Å². The van der Waals surface area contributed by atoms with E-state index in [1.165, 1.54) is 6.92 Å². The third-order valence-electron chi connectivity index (χ3n) is 2.23. The zero-order valence-electron chi connectivity index (χ0n) is 9.72. The standard InChI is InChI=1S/C11H8ClFN2O4/c1-2-19-11(16)7(5-14)6-3-8(12)9(13)4-10(6)15(17)18/h3-4,7H,2H2,1H3. The molecule has 0 N–H and O–H groups in total. The van der Waals surface area contributed by atoms with Gasteiger partial charge in [0.15, 0.2) is 5.92 Å². The summed E-state index contributed by atoms with van der Waals surface area (Å²) in [5.74, 6) is -3.48. The summed E-state index contributed by atoms with van der Waals surface area (Å²) in [4.78, 5) is 21.5. The first-order valence-corrected chi connectivity index (χ1v) is 5.49. The van der Waals surface area contributed by atoms with Crippen molar-refractivity contribution in [3.8, 4) is 6.07 Å². The predicted molar refractivity (Wildman–Crippen MR) is 63.1 cm³/mol. The van der Waals surface area contributed by atoms with E-state index in [4.69, 9.17) is 16.9 Å². The van der Waals surface area contributed by atoms with Crippen LogP contribution < -0.4 is 0 Å². The molecule has 0 heterocycles. The van der Waals surface area contributed by atoms with Crippen LogP contribution in [0.15, 0.2) is 12.1 Å². The van der Waals surface area contributed by atoms with Gasteiger partial charge < -0.3 is 4.74 Å². The van der Waals surface area contributed by atoms with E-state index in [2.05, 4.69) is 4.74 Å². The molecule has 8 heteroatoms. The molecule has 6 nitrogen and oxygen atoms in total. The number of esters is 1. The number of ether oxygens (including phenoxy) is 1. The Kier molecular flexibility index (Phi) is 4.78. The van der Waals surface area contributed by atoms with Crippen LogP contribution in [0.5, 0.6) is 0 Å². The van der Waals surface area contributed by atoms with Gasteiger partial charge in [-0.2, -0.15) is 5.26 Å². The monoisotopic (exact) mass is 286 g/mol. The Labute approximate surface area is 112 Å². The zero-order valence-corrected chi connectivity index (χ0v) is 10.5. The van der Waals surface area contributed by atoms with Crippen LogP contribution in [0.3, 0.4) is 0 Å². The molecule has 1 rings (SSSR count). The number of nitrogens with zero attached hydrogens (tertiary/aromatic N) is 2. The summed E-state index contributed by atoms with van der Waals surface area (Å²) in [6, 6.07) is 3.04. The Morgan fingerprint density at radius 3 is 2.79 bits per heavy atom. The fourth-order valence-corrected chi connectivity index (χ4v) is 1.59. The first kappa shape index (κ1) is 14.9. The molecule has 0 aliphatic carbocycles. The predicted octanol–water partition coefficient (Wildman–Crippen LogP) is 2.56. The molecule has 19 heavy (non-hydrogen) atoms. The molecule has 0 aliphatic heterocycles. The van der Waals surface area contributed by atoms with E-state index in [-0.39, 0.29) is 12.2 Å². The van der Waals surface area contributed by atoms with Gasteiger partial charge in [-0.3, -0.25) is 14.9 Å². The fraction of sp³-hybridized carbons (Fsp3) is 0.273. The molecule has 100 valence electrons. The second-order valence-electron chi connectivity index (χ2n) is 3.40. The largest absolute Gasteiger partial charge is 0.465 e. The van der Waals surface area contributed by atoms with Gasteiger partial charge in [-0.15, -0.1) is 0 Å². The molecular formula is C11H8ClFN2O4. The summed E-state index contributed by atoms with van der Waals surface area (Å²) in [5.41, 5.74) is -0.987. The van der Waals surface area contributed by atoms with Crippen molar-refractivity contribution in [3.63, 3.8) is 0 Å². The van der Waals surface area contributed by atoms with Gasteiger partial charge in [0.2, 0.25) is 0 Å². The number of nitro benzene ring substituents is 1. The molecule has 0 spiro atoms. The maximum Gasteiger partial charge on any atom is 0.328 e. The van der Waals surface area contributed by atoms with Gasteiger partial charge in [0.05, 0.1) is 34.3 Å². The van der Waals surface area contributed by atoms with Gasteiger partial charge in [-0.25, -0.2) is 4.39 Å². The minimum Gasteiger partial charge on any atom is -0.465 e. The van der Waals surface area contributed by atoms with Crippen molar-refractivity contribution in [1.29, 1.82) is 5.26 Å². The summed E-state index contributed by atoms with van der Waals surface area (Å²) in [5, 5.41) is 19.3. The Hall–Kier alpha value is -2.20. The highest BCUT2D eigenvalue weighted by Crippen LogP contribution is 2.32. The van der Waals surface area contributed by atoms with E-state index in [0.717, 1.165) is 6.07 Å². The Bertz CT molecular complexity index is 571. The molecule has 0 radical (unpaired) electrons. The number of carbonyl (C=O) groups excluding carboxylic acids is 1. The summed E-state index contributed by atoms with van der Waals surface area (Å²) in [7, 11) is 0. The number of hydrogen-bond acceptors (Lipinski definition) is 5. The van der Waals surface area contributed by atoms with E-state index in [0.29, 0.717) is 6.07 Å². The van der Waals surface area contributed by atoms with Crippen molar-refractivity contribution in [2.45, 2.75) is 12.8 Å². The average Bonchev–Trinajstić information content (AvgIpc) is 2.34. The molecule has 0 saturated heterocycles. The third-order valence-corrected chi connectivity index (χ3v) is 2.52. The Balaban J connectivity index is 3.39. The maximum atomic E-state index is 13.2. The van der Waals surface area contributed by atoms with Crippen molar-refractivity contribution < 1.29 is 18.8 Å². The normalized spacial score (nSPS) is 11.5. The summed E-state index contributed by atoms with van der Waals surface area (Å²) in [6.07, 6.45) is 0. The van der Waals surface area contributed by atoms with Gasteiger partial charge in [-0.05, 0) is 13.0 Å². The molecule has 0 amide bonds. The first-order chi connectivity index (χ1) is 8.92. The second-order valence-corrected chi connectivity index (χ2v) is 3.80. The van der Waals surface area contributed by atoms with Crippen molar-refractivity contribution in [2.24, 2.45) is 0 Å². The minimum atomic E-state index is -1.53. The summed E-state index contributed by atoms with van der Waals surface area (Å²) >= 11 is 5.51. The first-order valence-electron chi connectivity index (χ1n) is 5.12. The van der Waals surface area contributed by atoms with Crippen molar-refractivity contribution in [2.75, 3.05) is 6.61 Å². The lowest BCUT2D eigenvalue weighted by Crippen LogP contribution is -2.16. The number of benzene rings is 1. The zero-order chi connectivity index (χ0) is 14.6. The van der Waals surface area contributed by atoms with E-state index < -0.39 is 33.3 Å². The molecule has 1 aromatic carbocycles. The van der Waals surface area contributed by atoms with Gasteiger partial charge in [0, 0.05) is 0 Å². The van der Waals surface area contributed by atoms with Crippen molar-refractivity contribution >= 4 is 23.3 Å². The lowest BCUT2D eigenvalue weighted by atomic mass is 9.98. The molecule has 1 aromatic rings. The molecule has 0 aliphatic rings. The van der Waals surface area contributed by atoms with Crippen LogP contribution in [0.2, 0.25) is 5.02 Å². The number of nitro groups is 1.